The van der Waals surface area contributed by atoms with Gasteiger partial charge >= 0.3 is 6.18 Å². The molecular weight excluding hydrogens is 599 g/mol. The number of hydrogen-bond acceptors (Lipinski definition) is 6. The first-order valence-electron chi connectivity index (χ1n) is 12.7. The molecule has 1 heterocycles. The van der Waals surface area contributed by atoms with Crippen molar-refractivity contribution in [1.29, 1.82) is 0 Å². The summed E-state index contributed by atoms with van der Waals surface area (Å²) in [7, 11) is -4.35. The Morgan fingerprint density at radius 3 is 2.09 bits per heavy atom. The summed E-state index contributed by atoms with van der Waals surface area (Å²) >= 11 is 1.19. The van der Waals surface area contributed by atoms with E-state index in [4.69, 9.17) is 0 Å². The van der Waals surface area contributed by atoms with Crippen molar-refractivity contribution in [3.63, 3.8) is 0 Å². The average Bonchev–Trinajstić information content (AvgIpc) is 3.32. The molecule has 12 heteroatoms. The molecule has 0 saturated heterocycles. The number of anilines is 1. The molecule has 0 unspecified atom stereocenters. The number of amides is 2. The van der Waals surface area contributed by atoms with E-state index in [0.29, 0.717) is 33.5 Å². The summed E-state index contributed by atoms with van der Waals surface area (Å²) in [6, 6.07) is 27.1. The molecule has 0 fully saturated rings. The van der Waals surface area contributed by atoms with Crippen LogP contribution in [0.25, 0.3) is 17.2 Å². The number of nitrogens with one attached hydrogen (secondary N) is 2. The molecule has 218 valence electrons. The van der Waals surface area contributed by atoms with E-state index in [0.717, 1.165) is 28.8 Å². The van der Waals surface area contributed by atoms with Gasteiger partial charge in [0.15, 0.2) is 5.17 Å². The molecule has 1 aliphatic rings. The maximum atomic E-state index is 12.7. The Hall–Kier alpha value is -4.68. The number of amidine groups is 1. The van der Waals surface area contributed by atoms with Gasteiger partial charge in [0.25, 0.3) is 15.9 Å². The lowest BCUT2D eigenvalue weighted by atomic mass is 10.0. The summed E-state index contributed by atoms with van der Waals surface area (Å²) in [4.78, 5) is 28.9. The summed E-state index contributed by atoms with van der Waals surface area (Å²) in [5.41, 5.74) is 3.09. The minimum absolute atomic E-state index is 0.287. The number of nitrogens with zero attached hydrogens (tertiary/aromatic N) is 1. The second-order valence-corrected chi connectivity index (χ2v) is 12.1. The van der Waals surface area contributed by atoms with Crippen LogP contribution in [0.2, 0.25) is 0 Å². The number of aliphatic imine (C=N–C) groups is 1. The van der Waals surface area contributed by atoms with Crippen molar-refractivity contribution in [2.75, 3.05) is 5.32 Å². The Balaban J connectivity index is 1.15. The highest BCUT2D eigenvalue weighted by molar-refractivity contribution is 8.18. The van der Waals surface area contributed by atoms with E-state index in [-0.39, 0.29) is 12.3 Å². The Kier molecular flexibility index (Phi) is 8.51. The standard InChI is InChI=1S/C31H22F3N3O4S2/c32-31(33,34)24-12-16-26(17-13-24)43(40,41)37-28(38)19-21-8-14-25(15-9-21)35-30-36-29(39)27(42-30)18-20-6-10-23(11-7-20)22-4-2-1-3-5-22/h1-18H,19H2,(H,37,38)(H,35,36,39)/b27-18+. The first-order valence-corrected chi connectivity index (χ1v) is 15.0. The lowest BCUT2D eigenvalue weighted by Gasteiger charge is -2.10. The Labute approximate surface area is 249 Å². The lowest BCUT2D eigenvalue weighted by Crippen LogP contribution is -2.31. The molecule has 5 rings (SSSR count). The van der Waals surface area contributed by atoms with Crippen LogP contribution >= 0.6 is 11.8 Å². The third kappa shape index (κ3) is 7.59. The minimum Gasteiger partial charge on any atom is -0.334 e. The van der Waals surface area contributed by atoms with E-state index in [2.05, 4.69) is 10.3 Å². The number of carbonyl (C=O) groups excluding carboxylic acids is 2. The Bertz CT molecular complexity index is 1820. The smallest absolute Gasteiger partial charge is 0.334 e. The van der Waals surface area contributed by atoms with Crippen molar-refractivity contribution in [3.8, 4) is 11.1 Å². The zero-order valence-corrected chi connectivity index (χ0v) is 23.8. The lowest BCUT2D eigenvalue weighted by molar-refractivity contribution is -0.137. The Morgan fingerprint density at radius 1 is 0.837 bits per heavy atom. The van der Waals surface area contributed by atoms with Crippen LogP contribution in [0.15, 0.2) is 118 Å². The minimum atomic E-state index is -4.61. The second-order valence-electron chi connectivity index (χ2n) is 9.37. The van der Waals surface area contributed by atoms with Gasteiger partial charge < -0.3 is 5.32 Å². The van der Waals surface area contributed by atoms with Gasteiger partial charge in [-0.1, -0.05) is 66.7 Å². The number of benzene rings is 4. The molecule has 0 bridgehead atoms. The van der Waals surface area contributed by atoms with Crippen molar-refractivity contribution in [2.24, 2.45) is 4.99 Å². The van der Waals surface area contributed by atoms with Gasteiger partial charge in [-0.3, -0.25) is 9.59 Å². The van der Waals surface area contributed by atoms with Crippen LogP contribution in [-0.4, -0.2) is 25.4 Å². The van der Waals surface area contributed by atoms with Gasteiger partial charge in [-0.15, -0.1) is 0 Å². The van der Waals surface area contributed by atoms with Crippen LogP contribution in [0.4, 0.5) is 18.9 Å². The summed E-state index contributed by atoms with van der Waals surface area (Å²) in [6.07, 6.45) is -3.13. The average molecular weight is 622 g/mol. The van der Waals surface area contributed by atoms with Crippen molar-refractivity contribution in [3.05, 3.63) is 125 Å². The van der Waals surface area contributed by atoms with Crippen molar-refractivity contribution in [1.82, 2.24) is 4.72 Å². The molecule has 4 aromatic carbocycles. The fourth-order valence-corrected chi connectivity index (χ4v) is 5.92. The largest absolute Gasteiger partial charge is 0.416 e. The molecule has 0 saturated carbocycles. The number of rotatable bonds is 7. The van der Waals surface area contributed by atoms with Crippen LogP contribution in [0.5, 0.6) is 0 Å². The predicted octanol–water partition coefficient (Wildman–Crippen LogP) is 6.50. The van der Waals surface area contributed by atoms with Gasteiger partial charge in [-0.25, -0.2) is 13.1 Å². The first-order chi connectivity index (χ1) is 20.5. The van der Waals surface area contributed by atoms with Crippen molar-refractivity contribution >= 4 is 50.5 Å². The van der Waals surface area contributed by atoms with Crippen LogP contribution < -0.4 is 10.0 Å². The molecule has 0 atom stereocenters. The quantitative estimate of drug-likeness (QED) is 0.228. The zero-order valence-electron chi connectivity index (χ0n) is 22.1. The summed E-state index contributed by atoms with van der Waals surface area (Å²) < 4.78 is 64.9. The third-order valence-corrected chi connectivity index (χ3v) is 8.53. The number of halogens is 3. The predicted molar refractivity (Wildman–Crippen MR) is 160 cm³/mol. The Morgan fingerprint density at radius 2 is 1.47 bits per heavy atom. The second kappa shape index (κ2) is 12.3. The number of alkyl halides is 3. The molecule has 2 N–H and O–H groups in total. The molecule has 4 aromatic rings. The molecule has 1 aliphatic heterocycles. The SMILES string of the molecule is O=C(Cc1ccc(NC2=NC(=O)/C(=C\c3ccc(-c4ccccc4)cc3)S2)cc1)NS(=O)(=O)c1ccc(C(F)(F)F)cc1. The number of carbonyl (C=O) groups is 2. The van der Waals surface area contributed by atoms with E-state index in [1.165, 1.54) is 11.8 Å². The first kappa shape index (κ1) is 29.8. The fraction of sp³-hybridized carbons (Fsp3) is 0.0645. The highest BCUT2D eigenvalue weighted by Crippen LogP contribution is 2.31. The van der Waals surface area contributed by atoms with Crippen LogP contribution in [0.3, 0.4) is 0 Å². The van der Waals surface area contributed by atoms with Gasteiger partial charge in [0.2, 0.25) is 5.91 Å². The topological polar surface area (TPSA) is 105 Å². The highest BCUT2D eigenvalue weighted by Gasteiger charge is 2.31. The van der Waals surface area contributed by atoms with Crippen molar-refractivity contribution in [2.45, 2.75) is 17.5 Å². The van der Waals surface area contributed by atoms with E-state index >= 15 is 0 Å². The van der Waals surface area contributed by atoms with Gasteiger partial charge in [0.1, 0.15) is 0 Å². The van der Waals surface area contributed by atoms with Gasteiger partial charge in [-0.2, -0.15) is 18.2 Å². The fourth-order valence-electron chi connectivity index (χ4n) is 4.10. The third-order valence-electron chi connectivity index (χ3n) is 6.25. The van der Waals surface area contributed by atoms with Crippen LogP contribution in [0.1, 0.15) is 16.7 Å². The van der Waals surface area contributed by atoms with Gasteiger partial charge in [0, 0.05) is 5.69 Å². The monoisotopic (exact) mass is 621 g/mol. The molecule has 0 aromatic heterocycles. The molecule has 7 nitrogen and oxygen atoms in total. The summed E-state index contributed by atoms with van der Waals surface area (Å²) in [5, 5.41) is 3.43. The van der Waals surface area contributed by atoms with Crippen molar-refractivity contribution < 1.29 is 31.2 Å². The van der Waals surface area contributed by atoms with E-state index in [1.807, 2.05) is 59.3 Å². The maximum absolute atomic E-state index is 12.7. The molecule has 0 aliphatic carbocycles. The van der Waals surface area contributed by atoms with E-state index < -0.39 is 32.6 Å². The molecule has 0 spiro atoms. The van der Waals surface area contributed by atoms with Gasteiger partial charge in [-0.05, 0) is 76.5 Å². The molecule has 2 amide bonds. The normalized spacial score (nSPS) is 14.4. The summed E-state index contributed by atoms with van der Waals surface area (Å²) in [6.45, 7) is 0. The number of thioether (sulfide) groups is 1. The number of sulfonamides is 1. The molecule has 0 radical (unpaired) electrons. The maximum Gasteiger partial charge on any atom is 0.416 e. The van der Waals surface area contributed by atoms with Crippen LogP contribution in [-0.2, 0) is 32.2 Å². The van der Waals surface area contributed by atoms with Crippen LogP contribution in [0, 0.1) is 0 Å². The zero-order chi connectivity index (χ0) is 30.6. The van der Waals surface area contributed by atoms with Gasteiger partial charge in [0.05, 0.1) is 21.8 Å². The molecule has 43 heavy (non-hydrogen) atoms. The van der Waals surface area contributed by atoms with E-state index in [1.54, 1.807) is 30.3 Å². The molecular formula is C31H22F3N3O4S2. The highest BCUT2D eigenvalue weighted by atomic mass is 32.2. The summed E-state index contributed by atoms with van der Waals surface area (Å²) in [5.74, 6) is -1.23. The van der Waals surface area contributed by atoms with E-state index in [9.17, 15) is 31.2 Å². The number of hydrogen-bond donors (Lipinski definition) is 2.